The van der Waals surface area contributed by atoms with Gasteiger partial charge in [-0.15, -0.1) is 11.3 Å². The Morgan fingerprint density at radius 3 is 2.52 bits per heavy atom. The minimum absolute atomic E-state index is 0.266. The van der Waals surface area contributed by atoms with Crippen LogP contribution < -0.4 is 10.1 Å². The van der Waals surface area contributed by atoms with E-state index in [-0.39, 0.29) is 6.61 Å². The Kier molecular flexibility index (Phi) is 6.25. The summed E-state index contributed by atoms with van der Waals surface area (Å²) in [7, 11) is 0. The highest BCUT2D eigenvalue weighted by Crippen LogP contribution is 2.34. The van der Waals surface area contributed by atoms with Gasteiger partial charge in [0.2, 0.25) is 0 Å². The maximum absolute atomic E-state index is 10.2. The van der Waals surface area contributed by atoms with Crippen LogP contribution in [-0.2, 0) is 6.54 Å². The molecule has 0 saturated heterocycles. The minimum Gasteiger partial charge on any atom is -0.491 e. The largest absolute Gasteiger partial charge is 0.491 e. The van der Waals surface area contributed by atoms with Crippen molar-refractivity contribution < 1.29 is 9.84 Å². The van der Waals surface area contributed by atoms with E-state index in [4.69, 9.17) is 4.74 Å². The standard InChI is InChI=1S/C25H25NO2S/c1-18-6-8-19(9-7-18)14-26-15-21(27)16-28-22-12-10-20(11-13-22)24-17-29-25-5-3-2-4-23(24)25/h2-13,17,21,26-27H,14-16H2,1H3/t21-/m1/s1. The zero-order chi connectivity index (χ0) is 20.1. The quantitative estimate of drug-likeness (QED) is 0.413. The summed E-state index contributed by atoms with van der Waals surface area (Å²) in [4.78, 5) is 0. The van der Waals surface area contributed by atoms with Gasteiger partial charge in [0.25, 0.3) is 0 Å². The molecule has 1 heterocycles. The highest BCUT2D eigenvalue weighted by molar-refractivity contribution is 7.17. The van der Waals surface area contributed by atoms with Crippen molar-refractivity contribution in [2.75, 3.05) is 13.2 Å². The van der Waals surface area contributed by atoms with E-state index in [0.29, 0.717) is 6.54 Å². The number of aliphatic hydroxyl groups is 1. The zero-order valence-electron chi connectivity index (χ0n) is 16.5. The third-order valence-corrected chi connectivity index (χ3v) is 5.88. The fraction of sp³-hybridized carbons (Fsp3) is 0.200. The Hall–Kier alpha value is -2.66. The van der Waals surface area contributed by atoms with Crippen LogP contribution in [0.3, 0.4) is 0 Å². The van der Waals surface area contributed by atoms with Gasteiger partial charge in [-0.25, -0.2) is 0 Å². The number of aryl methyl sites for hydroxylation is 1. The molecule has 1 aromatic heterocycles. The summed E-state index contributed by atoms with van der Waals surface area (Å²) in [6.45, 7) is 3.57. The van der Waals surface area contributed by atoms with Crippen LogP contribution in [0.5, 0.6) is 5.75 Å². The third-order valence-electron chi connectivity index (χ3n) is 4.92. The molecule has 0 aliphatic heterocycles. The number of hydrogen-bond acceptors (Lipinski definition) is 4. The van der Waals surface area contributed by atoms with E-state index in [1.165, 1.54) is 32.3 Å². The molecule has 1 atom stereocenters. The normalized spacial score (nSPS) is 12.2. The molecule has 4 heteroatoms. The molecule has 3 aromatic carbocycles. The maximum atomic E-state index is 10.2. The van der Waals surface area contributed by atoms with Crippen LogP contribution in [0, 0.1) is 6.92 Å². The summed E-state index contributed by atoms with van der Waals surface area (Å²) < 4.78 is 7.05. The Bertz CT molecular complexity index is 1050. The van der Waals surface area contributed by atoms with Gasteiger partial charge in [0.1, 0.15) is 18.5 Å². The zero-order valence-corrected chi connectivity index (χ0v) is 17.3. The molecule has 2 N–H and O–H groups in total. The molecule has 4 rings (SSSR count). The number of hydrogen-bond donors (Lipinski definition) is 2. The highest BCUT2D eigenvalue weighted by atomic mass is 32.1. The van der Waals surface area contributed by atoms with Crippen molar-refractivity contribution in [3.05, 3.63) is 89.3 Å². The van der Waals surface area contributed by atoms with Gasteiger partial charge >= 0.3 is 0 Å². The molecular weight excluding hydrogens is 378 g/mol. The second-order valence-electron chi connectivity index (χ2n) is 7.25. The number of aliphatic hydroxyl groups excluding tert-OH is 1. The summed E-state index contributed by atoms with van der Waals surface area (Å²) in [5.74, 6) is 0.769. The number of fused-ring (bicyclic) bond motifs is 1. The van der Waals surface area contributed by atoms with Gasteiger partial charge in [-0.2, -0.15) is 0 Å². The molecule has 0 bridgehead atoms. The number of ether oxygens (including phenoxy) is 1. The number of nitrogens with one attached hydrogen (secondary N) is 1. The van der Waals surface area contributed by atoms with Crippen molar-refractivity contribution in [2.45, 2.75) is 19.6 Å². The van der Waals surface area contributed by atoms with Crippen LogP contribution in [0.4, 0.5) is 0 Å². The molecule has 0 spiro atoms. The van der Waals surface area contributed by atoms with Gasteiger partial charge in [0.05, 0.1) is 0 Å². The summed E-state index contributed by atoms with van der Waals surface area (Å²) >= 11 is 1.76. The molecule has 0 aliphatic carbocycles. The van der Waals surface area contributed by atoms with Crippen LogP contribution in [0.2, 0.25) is 0 Å². The molecule has 29 heavy (non-hydrogen) atoms. The third kappa shape index (κ3) is 5.04. The molecule has 0 fully saturated rings. The summed E-state index contributed by atoms with van der Waals surface area (Å²) in [6, 6.07) is 24.9. The predicted octanol–water partition coefficient (Wildman–Crippen LogP) is 5.41. The average molecular weight is 404 g/mol. The molecule has 0 amide bonds. The van der Waals surface area contributed by atoms with Crippen LogP contribution >= 0.6 is 11.3 Å². The van der Waals surface area contributed by atoms with Crippen molar-refractivity contribution in [1.29, 1.82) is 0 Å². The van der Waals surface area contributed by atoms with Gasteiger partial charge in [-0.05, 0) is 41.6 Å². The lowest BCUT2D eigenvalue weighted by molar-refractivity contribution is 0.106. The first-order valence-electron chi connectivity index (χ1n) is 9.83. The van der Waals surface area contributed by atoms with E-state index in [2.05, 4.69) is 78.3 Å². The highest BCUT2D eigenvalue weighted by Gasteiger charge is 2.08. The predicted molar refractivity (Wildman–Crippen MR) is 122 cm³/mol. The van der Waals surface area contributed by atoms with Crippen molar-refractivity contribution in [3.8, 4) is 16.9 Å². The Labute approximate surface area is 175 Å². The Morgan fingerprint density at radius 2 is 1.72 bits per heavy atom. The monoisotopic (exact) mass is 403 g/mol. The molecule has 0 saturated carbocycles. The van der Waals surface area contributed by atoms with Crippen molar-refractivity contribution >= 4 is 21.4 Å². The SMILES string of the molecule is Cc1ccc(CNC[C@@H](O)COc2ccc(-c3csc4ccccc34)cc2)cc1. The number of benzene rings is 3. The lowest BCUT2D eigenvalue weighted by Crippen LogP contribution is -2.31. The van der Waals surface area contributed by atoms with E-state index in [0.717, 1.165) is 12.3 Å². The Balaban J connectivity index is 1.27. The van der Waals surface area contributed by atoms with E-state index in [1.54, 1.807) is 11.3 Å². The molecule has 0 unspecified atom stereocenters. The van der Waals surface area contributed by atoms with E-state index in [9.17, 15) is 5.11 Å². The van der Waals surface area contributed by atoms with Crippen molar-refractivity contribution in [1.82, 2.24) is 5.32 Å². The fourth-order valence-corrected chi connectivity index (χ4v) is 4.24. The summed E-state index contributed by atoms with van der Waals surface area (Å²) in [6.07, 6.45) is -0.555. The minimum atomic E-state index is -0.555. The first-order valence-corrected chi connectivity index (χ1v) is 10.7. The van der Waals surface area contributed by atoms with E-state index in [1.807, 2.05) is 12.1 Å². The van der Waals surface area contributed by atoms with Gasteiger partial charge < -0.3 is 15.2 Å². The summed E-state index contributed by atoms with van der Waals surface area (Å²) in [5.41, 5.74) is 4.88. The van der Waals surface area contributed by atoms with Crippen LogP contribution in [-0.4, -0.2) is 24.4 Å². The second-order valence-corrected chi connectivity index (χ2v) is 8.16. The van der Waals surface area contributed by atoms with E-state index < -0.39 is 6.10 Å². The average Bonchev–Trinajstić information content (AvgIpc) is 3.18. The molecule has 0 radical (unpaired) electrons. The van der Waals surface area contributed by atoms with E-state index >= 15 is 0 Å². The molecule has 148 valence electrons. The lowest BCUT2D eigenvalue weighted by Gasteiger charge is -2.14. The van der Waals surface area contributed by atoms with Crippen molar-refractivity contribution in [3.63, 3.8) is 0 Å². The smallest absolute Gasteiger partial charge is 0.119 e. The molecular formula is C25H25NO2S. The number of thiophene rings is 1. The lowest BCUT2D eigenvalue weighted by atomic mass is 10.0. The van der Waals surface area contributed by atoms with Gasteiger partial charge in [-0.3, -0.25) is 0 Å². The first-order chi connectivity index (χ1) is 14.2. The molecule has 4 aromatic rings. The Morgan fingerprint density at radius 1 is 0.966 bits per heavy atom. The second kappa shape index (κ2) is 9.23. The fourth-order valence-electron chi connectivity index (χ4n) is 3.27. The van der Waals surface area contributed by atoms with Crippen LogP contribution in [0.15, 0.2) is 78.2 Å². The van der Waals surface area contributed by atoms with Crippen LogP contribution in [0.25, 0.3) is 21.2 Å². The topological polar surface area (TPSA) is 41.5 Å². The molecule has 0 aliphatic rings. The summed E-state index contributed by atoms with van der Waals surface area (Å²) in [5, 5.41) is 16.9. The van der Waals surface area contributed by atoms with Gasteiger partial charge in [-0.1, -0.05) is 60.2 Å². The maximum Gasteiger partial charge on any atom is 0.119 e. The van der Waals surface area contributed by atoms with Crippen molar-refractivity contribution in [2.24, 2.45) is 0 Å². The first kappa shape index (κ1) is 19.6. The van der Waals surface area contributed by atoms with Gasteiger partial charge in [0.15, 0.2) is 0 Å². The van der Waals surface area contributed by atoms with Gasteiger partial charge in [0, 0.05) is 28.7 Å². The molecule has 3 nitrogen and oxygen atoms in total. The number of rotatable bonds is 8. The van der Waals surface area contributed by atoms with Crippen LogP contribution in [0.1, 0.15) is 11.1 Å².